The molecular formula is C29H38N2O3. The van der Waals surface area contributed by atoms with Gasteiger partial charge in [-0.25, -0.2) is 4.79 Å². The van der Waals surface area contributed by atoms with Crippen LogP contribution in [0.5, 0.6) is 5.75 Å². The lowest BCUT2D eigenvalue weighted by Gasteiger charge is -2.36. The molecule has 34 heavy (non-hydrogen) atoms. The number of fused-ring (bicyclic) bond motifs is 1. The number of carbonyl (C=O) groups excluding carboxylic acids is 1. The maximum Gasteiger partial charge on any atom is 0.329 e. The number of hydrogen-bond donors (Lipinski definition) is 1. The van der Waals surface area contributed by atoms with E-state index in [1.54, 1.807) is 6.20 Å². The van der Waals surface area contributed by atoms with Gasteiger partial charge < -0.3 is 14.8 Å². The van der Waals surface area contributed by atoms with E-state index in [4.69, 9.17) is 9.47 Å². The first-order valence-electron chi connectivity index (χ1n) is 12.0. The van der Waals surface area contributed by atoms with E-state index in [0.717, 1.165) is 40.7 Å². The summed E-state index contributed by atoms with van der Waals surface area (Å²) in [5.74, 6) is 0.655. The van der Waals surface area contributed by atoms with E-state index < -0.39 is 11.6 Å². The Morgan fingerprint density at radius 3 is 2.50 bits per heavy atom. The predicted molar refractivity (Wildman–Crippen MR) is 139 cm³/mol. The van der Waals surface area contributed by atoms with Crippen molar-refractivity contribution < 1.29 is 14.3 Å². The molecule has 0 fully saturated rings. The molecule has 2 aromatic carbocycles. The lowest BCUT2D eigenvalue weighted by atomic mass is 9.79. The highest BCUT2D eigenvalue weighted by molar-refractivity contribution is 5.92. The van der Waals surface area contributed by atoms with Crippen LogP contribution >= 0.6 is 0 Å². The summed E-state index contributed by atoms with van der Waals surface area (Å²) in [6.45, 7) is 14.6. The van der Waals surface area contributed by atoms with Crippen molar-refractivity contribution in [3.8, 4) is 5.75 Å². The molecule has 5 heteroatoms. The molecule has 0 bridgehead atoms. The molecule has 0 unspecified atom stereocenters. The fourth-order valence-corrected chi connectivity index (χ4v) is 4.03. The van der Waals surface area contributed by atoms with Crippen molar-refractivity contribution in [1.29, 1.82) is 0 Å². The molecule has 1 aromatic heterocycles. The minimum absolute atomic E-state index is 0.263. The van der Waals surface area contributed by atoms with Gasteiger partial charge in [-0.15, -0.1) is 0 Å². The fourth-order valence-electron chi connectivity index (χ4n) is 4.03. The summed E-state index contributed by atoms with van der Waals surface area (Å²) >= 11 is 0. The third-order valence-corrected chi connectivity index (χ3v) is 5.92. The second-order valence-electron chi connectivity index (χ2n) is 10.7. The second-order valence-corrected chi connectivity index (χ2v) is 10.7. The van der Waals surface area contributed by atoms with Gasteiger partial charge in [-0.3, -0.25) is 4.98 Å². The van der Waals surface area contributed by atoms with Crippen molar-refractivity contribution in [2.24, 2.45) is 5.41 Å². The Morgan fingerprint density at radius 1 is 1.03 bits per heavy atom. The highest BCUT2D eigenvalue weighted by atomic mass is 16.6. The summed E-state index contributed by atoms with van der Waals surface area (Å²) in [6, 6.07) is 15.6. The molecule has 0 radical (unpaired) electrons. The highest BCUT2D eigenvalue weighted by Gasteiger charge is 2.38. The summed E-state index contributed by atoms with van der Waals surface area (Å²) in [7, 11) is 0. The summed E-state index contributed by atoms with van der Waals surface area (Å²) in [5.41, 5.74) is 3.02. The smallest absolute Gasteiger partial charge is 0.329 e. The van der Waals surface area contributed by atoms with Crippen LogP contribution in [0.2, 0.25) is 0 Å². The lowest BCUT2D eigenvalue weighted by Crippen LogP contribution is -2.46. The zero-order valence-corrected chi connectivity index (χ0v) is 21.6. The van der Waals surface area contributed by atoms with Gasteiger partial charge in [0.2, 0.25) is 0 Å². The van der Waals surface area contributed by atoms with Crippen molar-refractivity contribution in [3.63, 3.8) is 0 Å². The molecule has 0 amide bonds. The minimum Gasteiger partial charge on any atom is -0.493 e. The van der Waals surface area contributed by atoms with Gasteiger partial charge in [0.15, 0.2) is 0 Å². The molecule has 0 saturated heterocycles. The van der Waals surface area contributed by atoms with Crippen LogP contribution in [0, 0.1) is 19.3 Å². The minimum atomic E-state index is -0.574. The molecular weight excluding hydrogens is 424 g/mol. The Bertz CT molecular complexity index is 1130. The molecule has 0 spiro atoms. The Labute approximate surface area is 203 Å². The van der Waals surface area contributed by atoms with Gasteiger partial charge in [0.05, 0.1) is 17.8 Å². The second kappa shape index (κ2) is 10.5. The van der Waals surface area contributed by atoms with Crippen LogP contribution in [0.25, 0.3) is 10.9 Å². The van der Waals surface area contributed by atoms with Gasteiger partial charge in [0.25, 0.3) is 0 Å². The summed E-state index contributed by atoms with van der Waals surface area (Å²) in [6.07, 6.45) is 3.37. The number of nitrogens with one attached hydrogen (secondary N) is 1. The number of para-hydroxylation sites is 1. The summed E-state index contributed by atoms with van der Waals surface area (Å²) in [5, 5.41) is 4.51. The highest BCUT2D eigenvalue weighted by Crippen LogP contribution is 2.33. The molecule has 1 atom stereocenters. The van der Waals surface area contributed by atoms with Crippen LogP contribution < -0.4 is 10.1 Å². The largest absolute Gasteiger partial charge is 0.493 e. The molecule has 0 saturated carbocycles. The van der Waals surface area contributed by atoms with Crippen LogP contribution in [0.15, 0.2) is 54.7 Å². The van der Waals surface area contributed by atoms with Gasteiger partial charge in [-0.05, 0) is 82.2 Å². The van der Waals surface area contributed by atoms with E-state index in [1.807, 2.05) is 51.1 Å². The van der Waals surface area contributed by atoms with Crippen molar-refractivity contribution in [2.75, 3.05) is 11.9 Å². The predicted octanol–water partition coefficient (Wildman–Crippen LogP) is 6.86. The number of carbonyl (C=O) groups is 1. The zero-order valence-electron chi connectivity index (χ0n) is 21.6. The molecule has 0 aliphatic rings. The summed E-state index contributed by atoms with van der Waals surface area (Å²) in [4.78, 5) is 17.9. The number of esters is 1. The monoisotopic (exact) mass is 462 g/mol. The number of pyridine rings is 1. The number of rotatable bonds is 9. The van der Waals surface area contributed by atoms with Crippen molar-refractivity contribution >= 4 is 22.6 Å². The molecule has 5 nitrogen and oxygen atoms in total. The first-order chi connectivity index (χ1) is 16.0. The Kier molecular flexibility index (Phi) is 7.86. The fraction of sp³-hybridized carbons (Fsp3) is 0.448. The third-order valence-electron chi connectivity index (χ3n) is 5.92. The van der Waals surface area contributed by atoms with Crippen LogP contribution in [0.4, 0.5) is 5.69 Å². The molecule has 0 aliphatic carbocycles. The SMILES string of the molecule is Cc1ccc(C)c(OCCCC(C)(C)[C@@H](Nc2cccc3cccnc23)C(=O)OC(C)(C)C)c1. The van der Waals surface area contributed by atoms with Crippen LogP contribution in [0.1, 0.15) is 58.6 Å². The van der Waals surface area contributed by atoms with E-state index in [2.05, 4.69) is 56.2 Å². The van der Waals surface area contributed by atoms with Crippen molar-refractivity contribution in [1.82, 2.24) is 4.98 Å². The van der Waals surface area contributed by atoms with E-state index in [0.29, 0.717) is 6.61 Å². The normalized spacial score (nSPS) is 12.9. The number of hydrogen-bond acceptors (Lipinski definition) is 5. The number of benzene rings is 2. The zero-order chi connectivity index (χ0) is 24.9. The lowest BCUT2D eigenvalue weighted by molar-refractivity contribution is -0.158. The van der Waals surface area contributed by atoms with Crippen LogP contribution in [0.3, 0.4) is 0 Å². The summed E-state index contributed by atoms with van der Waals surface area (Å²) < 4.78 is 11.9. The quantitative estimate of drug-likeness (QED) is 0.278. The van der Waals surface area contributed by atoms with Crippen molar-refractivity contribution in [3.05, 3.63) is 65.9 Å². The van der Waals surface area contributed by atoms with Gasteiger partial charge in [-0.2, -0.15) is 0 Å². The van der Waals surface area contributed by atoms with Crippen LogP contribution in [-0.2, 0) is 9.53 Å². The molecule has 3 rings (SSSR count). The first-order valence-corrected chi connectivity index (χ1v) is 12.0. The Hall–Kier alpha value is -3.08. The van der Waals surface area contributed by atoms with Gasteiger partial charge in [0, 0.05) is 11.6 Å². The molecule has 1 N–H and O–H groups in total. The first kappa shape index (κ1) is 25.5. The van der Waals surface area contributed by atoms with E-state index in [-0.39, 0.29) is 11.4 Å². The number of ether oxygens (including phenoxy) is 2. The molecule has 3 aromatic rings. The number of aromatic nitrogens is 1. The average Bonchev–Trinajstić information content (AvgIpc) is 2.76. The third kappa shape index (κ3) is 6.72. The number of aryl methyl sites for hydroxylation is 2. The maximum atomic E-state index is 13.3. The Morgan fingerprint density at radius 2 is 1.76 bits per heavy atom. The topological polar surface area (TPSA) is 60.5 Å². The van der Waals surface area contributed by atoms with Gasteiger partial charge in [0.1, 0.15) is 17.4 Å². The molecule has 0 aliphatic heterocycles. The van der Waals surface area contributed by atoms with E-state index in [9.17, 15) is 4.79 Å². The average molecular weight is 463 g/mol. The van der Waals surface area contributed by atoms with Crippen molar-refractivity contribution in [2.45, 2.75) is 73.0 Å². The standard InChI is InChI=1S/C29H38N2O3/c1-20-14-15-21(2)24(19-20)33-18-10-16-29(6,7)26(27(32)34-28(3,4)5)31-23-13-8-11-22-12-9-17-30-25(22)23/h8-9,11-15,17,19,26,31H,10,16,18H2,1-7H3/t26-/m0/s1. The number of anilines is 1. The number of nitrogens with zero attached hydrogens (tertiary/aromatic N) is 1. The van der Waals surface area contributed by atoms with Crippen LogP contribution in [-0.4, -0.2) is 29.2 Å². The van der Waals surface area contributed by atoms with E-state index >= 15 is 0 Å². The maximum absolute atomic E-state index is 13.3. The molecule has 1 heterocycles. The van der Waals surface area contributed by atoms with Gasteiger partial charge in [-0.1, -0.05) is 44.2 Å². The Balaban J connectivity index is 1.77. The van der Waals surface area contributed by atoms with Gasteiger partial charge >= 0.3 is 5.97 Å². The molecule has 182 valence electrons. The van der Waals surface area contributed by atoms with E-state index in [1.165, 1.54) is 5.56 Å².